The van der Waals surface area contributed by atoms with Crippen molar-refractivity contribution in [3.8, 4) is 0 Å². The second-order valence-electron chi connectivity index (χ2n) is 4.33. The fourth-order valence-electron chi connectivity index (χ4n) is 1.95. The number of anilines is 2. The minimum absolute atomic E-state index is 0.154. The molecule has 0 atom stereocenters. The second-order valence-corrected chi connectivity index (χ2v) is 4.33. The van der Waals surface area contributed by atoms with Crippen molar-refractivity contribution >= 4 is 17.3 Å². The van der Waals surface area contributed by atoms with Gasteiger partial charge in [-0.1, -0.05) is 0 Å². The standard InChI is InChI=1S/C15H24N2O2/c1-4-17(5-2)14-10-8-13(9-11-14)16-12-6-7-15(18)19-3/h8-11,16H,4-7,12H2,1-3H3. The predicted molar refractivity (Wildman–Crippen MR) is 79.7 cm³/mol. The van der Waals surface area contributed by atoms with Crippen molar-refractivity contribution in [1.82, 2.24) is 0 Å². The summed E-state index contributed by atoms with van der Waals surface area (Å²) in [6, 6.07) is 8.39. The molecule has 106 valence electrons. The molecule has 0 amide bonds. The van der Waals surface area contributed by atoms with Crippen LogP contribution in [0.5, 0.6) is 0 Å². The van der Waals surface area contributed by atoms with Crippen LogP contribution in [0.3, 0.4) is 0 Å². The molecule has 1 aromatic rings. The molecule has 0 saturated heterocycles. The molecule has 0 aliphatic heterocycles. The highest BCUT2D eigenvalue weighted by atomic mass is 16.5. The van der Waals surface area contributed by atoms with E-state index in [4.69, 9.17) is 0 Å². The molecule has 0 spiro atoms. The third-order valence-electron chi connectivity index (χ3n) is 3.11. The van der Waals surface area contributed by atoms with Crippen molar-refractivity contribution < 1.29 is 9.53 Å². The summed E-state index contributed by atoms with van der Waals surface area (Å²) in [5.74, 6) is -0.154. The minimum Gasteiger partial charge on any atom is -0.469 e. The number of esters is 1. The molecule has 0 radical (unpaired) electrons. The summed E-state index contributed by atoms with van der Waals surface area (Å²) in [4.78, 5) is 13.3. The molecule has 1 aromatic carbocycles. The summed E-state index contributed by atoms with van der Waals surface area (Å²) in [7, 11) is 1.42. The molecule has 1 N–H and O–H groups in total. The van der Waals surface area contributed by atoms with Crippen LogP contribution in [0.4, 0.5) is 11.4 Å². The van der Waals surface area contributed by atoms with Gasteiger partial charge in [-0.3, -0.25) is 4.79 Å². The molecule has 19 heavy (non-hydrogen) atoms. The zero-order valence-electron chi connectivity index (χ0n) is 12.1. The van der Waals surface area contributed by atoms with E-state index in [9.17, 15) is 4.79 Å². The lowest BCUT2D eigenvalue weighted by Gasteiger charge is -2.21. The lowest BCUT2D eigenvalue weighted by Crippen LogP contribution is -2.21. The third kappa shape index (κ3) is 5.20. The average Bonchev–Trinajstić information content (AvgIpc) is 2.46. The summed E-state index contributed by atoms with van der Waals surface area (Å²) in [6.45, 7) is 7.12. The van der Waals surface area contributed by atoms with E-state index in [2.05, 4.69) is 53.1 Å². The zero-order chi connectivity index (χ0) is 14.1. The maximum atomic E-state index is 11.0. The lowest BCUT2D eigenvalue weighted by molar-refractivity contribution is -0.140. The largest absolute Gasteiger partial charge is 0.469 e. The Morgan fingerprint density at radius 3 is 2.37 bits per heavy atom. The Morgan fingerprint density at radius 1 is 1.21 bits per heavy atom. The van der Waals surface area contributed by atoms with E-state index in [1.807, 2.05) is 0 Å². The summed E-state index contributed by atoms with van der Waals surface area (Å²) in [6.07, 6.45) is 1.24. The van der Waals surface area contributed by atoms with Crippen molar-refractivity contribution in [1.29, 1.82) is 0 Å². The third-order valence-corrected chi connectivity index (χ3v) is 3.11. The Balaban J connectivity index is 2.38. The van der Waals surface area contributed by atoms with Crippen molar-refractivity contribution in [2.24, 2.45) is 0 Å². The smallest absolute Gasteiger partial charge is 0.305 e. The molecule has 0 aromatic heterocycles. The van der Waals surface area contributed by atoms with Gasteiger partial charge >= 0.3 is 5.97 Å². The molecule has 0 heterocycles. The average molecular weight is 264 g/mol. The molecule has 0 bridgehead atoms. The number of carbonyl (C=O) groups is 1. The van der Waals surface area contributed by atoms with Crippen molar-refractivity contribution in [2.45, 2.75) is 26.7 Å². The van der Waals surface area contributed by atoms with Crippen LogP contribution in [0.2, 0.25) is 0 Å². The SMILES string of the molecule is CCN(CC)c1ccc(NCCCC(=O)OC)cc1. The number of nitrogens with zero attached hydrogens (tertiary/aromatic N) is 1. The first-order valence-electron chi connectivity index (χ1n) is 6.87. The molecule has 4 nitrogen and oxygen atoms in total. The van der Waals surface area contributed by atoms with Crippen LogP contribution in [0, 0.1) is 0 Å². The van der Waals surface area contributed by atoms with Gasteiger partial charge in [0, 0.05) is 37.4 Å². The van der Waals surface area contributed by atoms with E-state index in [0.717, 1.165) is 31.7 Å². The van der Waals surface area contributed by atoms with Gasteiger partial charge in [0.05, 0.1) is 7.11 Å². The maximum Gasteiger partial charge on any atom is 0.305 e. The summed E-state index contributed by atoms with van der Waals surface area (Å²) < 4.78 is 4.60. The molecule has 0 fully saturated rings. The van der Waals surface area contributed by atoms with Crippen LogP contribution in [-0.4, -0.2) is 32.7 Å². The van der Waals surface area contributed by atoms with Crippen molar-refractivity contribution in [2.75, 3.05) is 37.0 Å². The van der Waals surface area contributed by atoms with E-state index in [1.165, 1.54) is 12.8 Å². The minimum atomic E-state index is -0.154. The van der Waals surface area contributed by atoms with Crippen LogP contribution < -0.4 is 10.2 Å². The highest BCUT2D eigenvalue weighted by molar-refractivity contribution is 5.69. The van der Waals surface area contributed by atoms with Gasteiger partial charge in [-0.15, -0.1) is 0 Å². The van der Waals surface area contributed by atoms with E-state index >= 15 is 0 Å². The van der Waals surface area contributed by atoms with E-state index in [-0.39, 0.29) is 5.97 Å². The quantitative estimate of drug-likeness (QED) is 0.579. The number of hydrogen-bond acceptors (Lipinski definition) is 4. The number of rotatable bonds is 8. The zero-order valence-corrected chi connectivity index (χ0v) is 12.1. The Kier molecular flexibility index (Phi) is 6.79. The number of benzene rings is 1. The van der Waals surface area contributed by atoms with Crippen LogP contribution >= 0.6 is 0 Å². The molecule has 0 aliphatic rings. The molecule has 0 saturated carbocycles. The van der Waals surface area contributed by atoms with Gasteiger partial charge < -0.3 is 15.0 Å². The number of hydrogen-bond donors (Lipinski definition) is 1. The van der Waals surface area contributed by atoms with Gasteiger partial charge in [0.1, 0.15) is 0 Å². The topological polar surface area (TPSA) is 41.6 Å². The molecule has 0 aliphatic carbocycles. The highest BCUT2D eigenvalue weighted by Gasteiger charge is 2.02. The van der Waals surface area contributed by atoms with Gasteiger partial charge in [0.2, 0.25) is 0 Å². The first-order valence-corrected chi connectivity index (χ1v) is 6.87. The molecule has 4 heteroatoms. The number of carbonyl (C=O) groups excluding carboxylic acids is 1. The number of methoxy groups -OCH3 is 1. The highest BCUT2D eigenvalue weighted by Crippen LogP contribution is 2.17. The molecule has 0 unspecified atom stereocenters. The van der Waals surface area contributed by atoms with Crippen LogP contribution in [0.1, 0.15) is 26.7 Å². The Bertz CT molecular complexity index is 372. The van der Waals surface area contributed by atoms with Crippen molar-refractivity contribution in [3.63, 3.8) is 0 Å². The Morgan fingerprint density at radius 2 is 1.84 bits per heavy atom. The van der Waals surface area contributed by atoms with Gasteiger partial charge in [-0.05, 0) is 44.5 Å². The first-order chi connectivity index (χ1) is 9.21. The maximum absolute atomic E-state index is 11.0. The van der Waals surface area contributed by atoms with Crippen LogP contribution in [-0.2, 0) is 9.53 Å². The Labute approximate surface area is 115 Å². The second kappa shape index (κ2) is 8.40. The van der Waals surface area contributed by atoms with Gasteiger partial charge in [0.15, 0.2) is 0 Å². The van der Waals surface area contributed by atoms with Gasteiger partial charge in [-0.2, -0.15) is 0 Å². The summed E-state index contributed by atoms with van der Waals surface area (Å²) >= 11 is 0. The number of ether oxygens (including phenoxy) is 1. The lowest BCUT2D eigenvalue weighted by atomic mass is 10.2. The fourth-order valence-corrected chi connectivity index (χ4v) is 1.95. The first kappa shape index (κ1) is 15.3. The molecular weight excluding hydrogens is 240 g/mol. The Hall–Kier alpha value is -1.71. The monoisotopic (exact) mass is 264 g/mol. The normalized spacial score (nSPS) is 10.1. The van der Waals surface area contributed by atoms with E-state index < -0.39 is 0 Å². The van der Waals surface area contributed by atoms with Crippen LogP contribution in [0.15, 0.2) is 24.3 Å². The van der Waals surface area contributed by atoms with Crippen molar-refractivity contribution in [3.05, 3.63) is 24.3 Å². The molecular formula is C15H24N2O2. The van der Waals surface area contributed by atoms with E-state index in [0.29, 0.717) is 6.42 Å². The summed E-state index contributed by atoms with van der Waals surface area (Å²) in [5.41, 5.74) is 2.32. The summed E-state index contributed by atoms with van der Waals surface area (Å²) in [5, 5.41) is 3.30. The van der Waals surface area contributed by atoms with Gasteiger partial charge in [0.25, 0.3) is 0 Å². The van der Waals surface area contributed by atoms with Crippen LogP contribution in [0.25, 0.3) is 0 Å². The number of nitrogens with one attached hydrogen (secondary N) is 1. The van der Waals surface area contributed by atoms with Gasteiger partial charge in [-0.25, -0.2) is 0 Å². The fraction of sp³-hybridized carbons (Fsp3) is 0.533. The van der Waals surface area contributed by atoms with E-state index in [1.54, 1.807) is 0 Å². The molecule has 1 rings (SSSR count). The predicted octanol–water partition coefficient (Wildman–Crippen LogP) is 2.90.